The predicted molar refractivity (Wildman–Crippen MR) is 46.7 cm³/mol. The largest absolute Gasteiger partial charge is 0.440 e. The first-order chi connectivity index (χ1) is 5.29. The molecule has 1 aromatic rings. The zero-order valence-electron chi connectivity index (χ0n) is 6.91. The minimum atomic E-state index is 0.762. The van der Waals surface area contributed by atoms with E-state index in [0.717, 1.165) is 16.9 Å². The van der Waals surface area contributed by atoms with Gasteiger partial charge in [0.25, 0.3) is 5.22 Å². The van der Waals surface area contributed by atoms with E-state index in [1.807, 2.05) is 0 Å². The van der Waals surface area contributed by atoms with Gasteiger partial charge in [-0.1, -0.05) is 25.6 Å². The molecule has 0 aromatic carbocycles. The molecule has 62 valence electrons. The molecule has 0 aliphatic heterocycles. The first-order valence-electron chi connectivity index (χ1n) is 3.81. The van der Waals surface area contributed by atoms with Crippen molar-refractivity contribution in [2.45, 2.75) is 25.5 Å². The third-order valence-electron chi connectivity index (χ3n) is 1.33. The predicted octanol–water partition coefficient (Wildman–Crippen LogP) is 2.81. The second kappa shape index (κ2) is 4.44. The molecule has 0 unspecified atom stereocenters. The van der Waals surface area contributed by atoms with Gasteiger partial charge in [-0.05, 0) is 12.3 Å². The highest BCUT2D eigenvalue weighted by Gasteiger charge is 1.98. The van der Waals surface area contributed by atoms with Crippen LogP contribution in [0.2, 0.25) is 0 Å². The second-order valence-electron chi connectivity index (χ2n) is 2.83. The van der Waals surface area contributed by atoms with Crippen molar-refractivity contribution >= 4 is 11.8 Å². The van der Waals surface area contributed by atoms with Crippen LogP contribution in [0.25, 0.3) is 0 Å². The summed E-state index contributed by atoms with van der Waals surface area (Å²) in [7, 11) is 0. The van der Waals surface area contributed by atoms with Gasteiger partial charge in [0.2, 0.25) is 0 Å². The van der Waals surface area contributed by atoms with Crippen molar-refractivity contribution in [1.82, 2.24) is 4.98 Å². The van der Waals surface area contributed by atoms with Gasteiger partial charge >= 0.3 is 0 Å². The fourth-order valence-corrected chi connectivity index (χ4v) is 1.69. The Kier molecular flexibility index (Phi) is 3.49. The summed E-state index contributed by atoms with van der Waals surface area (Å²) in [6.07, 6.45) is 4.50. The standard InChI is InChI=1S/C8H13NOS/c1-7(2)3-6-11-8-9-4-5-10-8/h4-5,7H,3,6H2,1-2H3. The number of rotatable bonds is 4. The van der Waals surface area contributed by atoms with Crippen molar-refractivity contribution in [2.75, 3.05) is 5.75 Å². The molecule has 0 saturated carbocycles. The first-order valence-corrected chi connectivity index (χ1v) is 4.80. The Morgan fingerprint density at radius 1 is 1.64 bits per heavy atom. The van der Waals surface area contributed by atoms with Gasteiger partial charge in [0.05, 0.1) is 6.20 Å². The molecular weight excluding hydrogens is 158 g/mol. The molecule has 0 atom stereocenters. The molecule has 0 bridgehead atoms. The Morgan fingerprint density at radius 3 is 3.00 bits per heavy atom. The molecule has 2 nitrogen and oxygen atoms in total. The highest BCUT2D eigenvalue weighted by Crippen LogP contribution is 2.17. The lowest BCUT2D eigenvalue weighted by Gasteiger charge is -2.00. The minimum absolute atomic E-state index is 0.762. The minimum Gasteiger partial charge on any atom is -0.440 e. The number of aromatic nitrogens is 1. The van der Waals surface area contributed by atoms with Gasteiger partial charge in [0.15, 0.2) is 0 Å². The smallest absolute Gasteiger partial charge is 0.255 e. The van der Waals surface area contributed by atoms with Crippen molar-refractivity contribution in [1.29, 1.82) is 0 Å². The number of hydrogen-bond acceptors (Lipinski definition) is 3. The lowest BCUT2D eigenvalue weighted by atomic mass is 10.2. The summed E-state index contributed by atoms with van der Waals surface area (Å²) in [5.74, 6) is 1.86. The maximum Gasteiger partial charge on any atom is 0.255 e. The van der Waals surface area contributed by atoms with E-state index in [9.17, 15) is 0 Å². The van der Waals surface area contributed by atoms with Gasteiger partial charge in [0.1, 0.15) is 6.26 Å². The summed E-state index contributed by atoms with van der Waals surface area (Å²) < 4.78 is 5.07. The molecule has 1 aromatic heterocycles. The van der Waals surface area contributed by atoms with Crippen molar-refractivity contribution < 1.29 is 4.42 Å². The van der Waals surface area contributed by atoms with Crippen LogP contribution in [0.15, 0.2) is 22.1 Å². The van der Waals surface area contributed by atoms with E-state index in [0.29, 0.717) is 0 Å². The number of nitrogens with zero attached hydrogens (tertiary/aromatic N) is 1. The van der Waals surface area contributed by atoms with Gasteiger partial charge in [-0.15, -0.1) is 0 Å². The van der Waals surface area contributed by atoms with Crippen LogP contribution in [0.3, 0.4) is 0 Å². The van der Waals surface area contributed by atoms with Crippen LogP contribution in [0.5, 0.6) is 0 Å². The molecular formula is C8H13NOS. The molecule has 0 aliphatic rings. The highest BCUT2D eigenvalue weighted by molar-refractivity contribution is 7.99. The molecule has 3 heteroatoms. The van der Waals surface area contributed by atoms with E-state index in [-0.39, 0.29) is 0 Å². The van der Waals surface area contributed by atoms with E-state index in [1.165, 1.54) is 6.42 Å². The van der Waals surface area contributed by atoms with E-state index >= 15 is 0 Å². The fraction of sp³-hybridized carbons (Fsp3) is 0.625. The van der Waals surface area contributed by atoms with Crippen LogP contribution in [0, 0.1) is 5.92 Å². The quantitative estimate of drug-likeness (QED) is 0.651. The Labute approximate surface area is 71.4 Å². The van der Waals surface area contributed by atoms with Crippen molar-refractivity contribution in [2.24, 2.45) is 5.92 Å². The van der Waals surface area contributed by atoms with Crippen LogP contribution < -0.4 is 0 Å². The molecule has 0 N–H and O–H groups in total. The third kappa shape index (κ3) is 3.46. The summed E-state index contributed by atoms with van der Waals surface area (Å²) in [6, 6.07) is 0. The molecule has 0 amide bonds. The van der Waals surface area contributed by atoms with Gasteiger partial charge in [-0.3, -0.25) is 0 Å². The maximum absolute atomic E-state index is 5.07. The molecule has 1 rings (SSSR count). The number of hydrogen-bond donors (Lipinski definition) is 0. The average molecular weight is 171 g/mol. The van der Waals surface area contributed by atoms with E-state index in [1.54, 1.807) is 24.2 Å². The van der Waals surface area contributed by atoms with Crippen molar-refractivity contribution in [3.8, 4) is 0 Å². The van der Waals surface area contributed by atoms with Crippen molar-refractivity contribution in [3.05, 3.63) is 12.5 Å². The lowest BCUT2D eigenvalue weighted by Crippen LogP contribution is -1.88. The third-order valence-corrected chi connectivity index (χ3v) is 2.22. The van der Waals surface area contributed by atoms with Gasteiger partial charge < -0.3 is 4.42 Å². The zero-order chi connectivity index (χ0) is 8.10. The van der Waals surface area contributed by atoms with E-state index in [4.69, 9.17) is 4.42 Å². The lowest BCUT2D eigenvalue weighted by molar-refractivity contribution is 0.453. The topological polar surface area (TPSA) is 26.0 Å². The van der Waals surface area contributed by atoms with E-state index in [2.05, 4.69) is 18.8 Å². The van der Waals surface area contributed by atoms with E-state index < -0.39 is 0 Å². The summed E-state index contributed by atoms with van der Waals surface area (Å²) in [5, 5.41) is 0.783. The Balaban J connectivity index is 2.14. The number of thioether (sulfide) groups is 1. The zero-order valence-corrected chi connectivity index (χ0v) is 7.73. The van der Waals surface area contributed by atoms with Crippen LogP contribution in [-0.4, -0.2) is 10.7 Å². The maximum atomic E-state index is 5.07. The summed E-state index contributed by atoms with van der Waals surface area (Å²) in [4.78, 5) is 4.01. The fourth-order valence-electron chi connectivity index (χ4n) is 0.664. The normalized spacial score (nSPS) is 10.8. The molecule has 0 saturated heterocycles. The van der Waals surface area contributed by atoms with Gasteiger partial charge in [-0.25, -0.2) is 4.98 Å². The molecule has 1 heterocycles. The first kappa shape index (κ1) is 8.65. The molecule has 0 aliphatic carbocycles. The van der Waals surface area contributed by atoms with Crippen LogP contribution in [0.1, 0.15) is 20.3 Å². The Bertz CT molecular complexity index is 184. The van der Waals surface area contributed by atoms with Crippen LogP contribution in [-0.2, 0) is 0 Å². The van der Waals surface area contributed by atoms with Crippen molar-refractivity contribution in [3.63, 3.8) is 0 Å². The van der Waals surface area contributed by atoms with Gasteiger partial charge in [-0.2, -0.15) is 0 Å². The molecule has 0 fully saturated rings. The Morgan fingerprint density at radius 2 is 2.45 bits per heavy atom. The highest BCUT2D eigenvalue weighted by atomic mass is 32.2. The van der Waals surface area contributed by atoms with Gasteiger partial charge in [0, 0.05) is 5.75 Å². The summed E-state index contributed by atoms with van der Waals surface area (Å²) in [5.41, 5.74) is 0. The summed E-state index contributed by atoms with van der Waals surface area (Å²) in [6.45, 7) is 4.44. The average Bonchev–Trinajstić information content (AvgIpc) is 2.39. The number of oxazole rings is 1. The van der Waals surface area contributed by atoms with Crippen LogP contribution in [0.4, 0.5) is 0 Å². The molecule has 0 spiro atoms. The molecule has 11 heavy (non-hydrogen) atoms. The summed E-state index contributed by atoms with van der Waals surface area (Å²) >= 11 is 1.68. The molecule has 0 radical (unpaired) electrons. The Hall–Kier alpha value is -0.440. The second-order valence-corrected chi connectivity index (χ2v) is 3.88. The monoisotopic (exact) mass is 171 g/mol. The van der Waals surface area contributed by atoms with Crippen LogP contribution >= 0.6 is 11.8 Å². The SMILES string of the molecule is CC(C)CCSc1ncco1.